The van der Waals surface area contributed by atoms with Gasteiger partial charge < -0.3 is 14.5 Å². The van der Waals surface area contributed by atoms with Gasteiger partial charge in [-0.05, 0) is 61.7 Å². The molecule has 0 saturated carbocycles. The van der Waals surface area contributed by atoms with Gasteiger partial charge in [0.1, 0.15) is 17.4 Å². The van der Waals surface area contributed by atoms with Crippen LogP contribution >= 0.6 is 0 Å². The molecule has 14 heteroatoms. The van der Waals surface area contributed by atoms with E-state index in [1.807, 2.05) is 0 Å². The Labute approximate surface area is 265 Å². The maximum Gasteiger partial charge on any atom is 0.417 e. The number of hydrogen-bond acceptors (Lipinski definition) is 4. The van der Waals surface area contributed by atoms with Gasteiger partial charge in [0, 0.05) is 49.9 Å². The first kappa shape index (κ1) is 34.1. The topological polar surface area (TPSA) is 62.7 Å². The molecule has 3 aromatic rings. The number of aromatic nitrogens is 1. The Kier molecular flexibility index (Phi) is 9.52. The Hall–Kier alpha value is -4.23. The maximum absolute atomic E-state index is 14.7. The molecule has 2 aromatic carbocycles. The summed E-state index contributed by atoms with van der Waals surface area (Å²) in [4.78, 5) is 34.7. The molecule has 1 aromatic heterocycles. The number of amides is 2. The first-order valence-electron chi connectivity index (χ1n) is 15.1. The van der Waals surface area contributed by atoms with Gasteiger partial charge in [0.2, 0.25) is 5.60 Å². The molecule has 2 aliphatic rings. The molecule has 5 rings (SSSR count). The summed E-state index contributed by atoms with van der Waals surface area (Å²) in [5.74, 6) is -4.14. The number of pyridine rings is 1. The highest BCUT2D eigenvalue weighted by atomic mass is 19.4. The average molecular weight is 670 g/mol. The third-order valence-corrected chi connectivity index (χ3v) is 8.77. The Bertz CT molecular complexity index is 1590. The smallest absolute Gasteiger partial charge is 0.417 e. The number of rotatable bonds is 7. The number of nitrogens with zero attached hydrogens (tertiary/aromatic N) is 3. The first-order chi connectivity index (χ1) is 22.2. The van der Waals surface area contributed by atoms with E-state index in [-0.39, 0.29) is 56.6 Å². The van der Waals surface area contributed by atoms with Gasteiger partial charge in [0.15, 0.2) is 0 Å². The van der Waals surface area contributed by atoms with Crippen LogP contribution in [0, 0.1) is 11.6 Å². The first-order valence-corrected chi connectivity index (χ1v) is 15.1. The van der Waals surface area contributed by atoms with Crippen molar-refractivity contribution in [1.29, 1.82) is 0 Å². The second-order valence-electron chi connectivity index (χ2n) is 11.7. The molecule has 0 bridgehead atoms. The highest BCUT2D eigenvalue weighted by molar-refractivity contribution is 5.97. The molecule has 2 saturated heterocycles. The van der Waals surface area contributed by atoms with E-state index in [9.17, 15) is 44.7 Å². The van der Waals surface area contributed by atoms with Crippen molar-refractivity contribution in [2.45, 2.75) is 68.9 Å². The van der Waals surface area contributed by atoms with Crippen LogP contribution in [-0.4, -0.2) is 57.9 Å². The lowest BCUT2D eigenvalue weighted by Crippen LogP contribution is -2.67. The van der Waals surface area contributed by atoms with Crippen molar-refractivity contribution in [3.63, 3.8) is 0 Å². The fourth-order valence-corrected chi connectivity index (χ4v) is 6.64. The monoisotopic (exact) mass is 669 g/mol. The zero-order valence-corrected chi connectivity index (χ0v) is 25.2. The predicted octanol–water partition coefficient (Wildman–Crippen LogP) is 7.64. The van der Waals surface area contributed by atoms with E-state index in [0.29, 0.717) is 12.5 Å². The summed E-state index contributed by atoms with van der Waals surface area (Å²) in [5.41, 5.74) is -5.06. The molecule has 0 N–H and O–H groups in total. The summed E-state index contributed by atoms with van der Waals surface area (Å²) in [6.07, 6.45) is -7.15. The summed E-state index contributed by atoms with van der Waals surface area (Å²) in [6, 6.07) is 6.55. The lowest BCUT2D eigenvalue weighted by atomic mass is 9.79. The lowest BCUT2D eigenvalue weighted by Gasteiger charge is -2.49. The van der Waals surface area contributed by atoms with E-state index < -0.39 is 70.1 Å². The quantitative estimate of drug-likeness (QED) is 0.243. The van der Waals surface area contributed by atoms with E-state index in [0.717, 1.165) is 53.7 Å². The standard InChI is InChI=1S/C33H31F8N3O3/c1-2-5-27-31(47-22-10-8-21(9-11-22)32(36,37)38,30(46)43-17-13-20(19-43)28-25(34)6-3-7-26(28)35)14-4-16-44(27)29(45)23-18-42-15-12-24(23)33(39,40)41/h3,6-12,15,18,20,27H,2,4-5,13-14,16-17,19H2,1H3/t20?,27-,31+/m1/s1. The van der Waals surface area contributed by atoms with Crippen molar-refractivity contribution in [2.75, 3.05) is 19.6 Å². The van der Waals surface area contributed by atoms with E-state index in [2.05, 4.69) is 4.98 Å². The second kappa shape index (κ2) is 13.1. The summed E-state index contributed by atoms with van der Waals surface area (Å²) >= 11 is 0. The number of hydrogen-bond donors (Lipinski definition) is 0. The molecule has 2 amide bonds. The average Bonchev–Trinajstić information content (AvgIpc) is 3.50. The normalized spacial score (nSPS) is 22.0. The third-order valence-electron chi connectivity index (χ3n) is 8.77. The molecule has 2 fully saturated rings. The Balaban J connectivity index is 1.57. The van der Waals surface area contributed by atoms with E-state index in [4.69, 9.17) is 4.74 Å². The number of piperidine rings is 1. The van der Waals surface area contributed by atoms with Crippen LogP contribution in [0.4, 0.5) is 35.1 Å². The van der Waals surface area contributed by atoms with Crippen LogP contribution in [-0.2, 0) is 17.1 Å². The van der Waals surface area contributed by atoms with Crippen molar-refractivity contribution >= 4 is 11.8 Å². The molecule has 2 aliphatic heterocycles. The maximum atomic E-state index is 14.7. The van der Waals surface area contributed by atoms with Crippen LogP contribution in [0.2, 0.25) is 0 Å². The van der Waals surface area contributed by atoms with Gasteiger partial charge in [-0.1, -0.05) is 19.4 Å². The van der Waals surface area contributed by atoms with Crippen LogP contribution in [0.25, 0.3) is 0 Å². The molecular formula is C33H31F8N3O3. The van der Waals surface area contributed by atoms with Crippen LogP contribution in [0.15, 0.2) is 60.9 Å². The van der Waals surface area contributed by atoms with E-state index in [1.54, 1.807) is 6.92 Å². The largest absolute Gasteiger partial charge is 0.475 e. The van der Waals surface area contributed by atoms with E-state index >= 15 is 0 Å². The Morgan fingerprint density at radius 1 is 0.957 bits per heavy atom. The number of likely N-dealkylation sites (tertiary alicyclic amines) is 2. The molecular weight excluding hydrogens is 638 g/mol. The SMILES string of the molecule is CCC[C@H]1N(C(=O)c2cnccc2C(F)(F)F)CCC[C@@]1(Oc1ccc(C(F)(F)F)cc1)C(=O)N1CCC(c2c(F)cccc2F)C1. The summed E-state index contributed by atoms with van der Waals surface area (Å²) < 4.78 is 117. The highest BCUT2D eigenvalue weighted by Crippen LogP contribution is 2.42. The molecule has 6 nitrogen and oxygen atoms in total. The predicted molar refractivity (Wildman–Crippen MR) is 153 cm³/mol. The van der Waals surface area contributed by atoms with Crippen LogP contribution in [0.5, 0.6) is 5.75 Å². The number of ether oxygens (including phenoxy) is 1. The highest BCUT2D eigenvalue weighted by Gasteiger charge is 2.56. The fourth-order valence-electron chi connectivity index (χ4n) is 6.64. The summed E-state index contributed by atoms with van der Waals surface area (Å²) in [7, 11) is 0. The van der Waals surface area contributed by atoms with Gasteiger partial charge in [-0.2, -0.15) is 26.3 Å². The zero-order valence-electron chi connectivity index (χ0n) is 25.2. The molecule has 252 valence electrons. The Morgan fingerprint density at radius 3 is 2.26 bits per heavy atom. The van der Waals surface area contributed by atoms with Crippen LogP contribution in [0.3, 0.4) is 0 Å². The molecule has 0 spiro atoms. The Morgan fingerprint density at radius 2 is 1.64 bits per heavy atom. The summed E-state index contributed by atoms with van der Waals surface area (Å²) in [5, 5.41) is 0. The van der Waals surface area contributed by atoms with Gasteiger partial charge in [0.05, 0.1) is 22.7 Å². The van der Waals surface area contributed by atoms with Crippen LogP contribution in [0.1, 0.15) is 72.0 Å². The van der Waals surface area contributed by atoms with Gasteiger partial charge in [0.25, 0.3) is 11.8 Å². The number of carbonyl (C=O) groups is 2. The van der Waals surface area contributed by atoms with E-state index in [1.165, 1.54) is 11.0 Å². The van der Waals surface area contributed by atoms with Gasteiger partial charge in [-0.25, -0.2) is 8.78 Å². The van der Waals surface area contributed by atoms with Gasteiger partial charge in [-0.15, -0.1) is 0 Å². The molecule has 47 heavy (non-hydrogen) atoms. The fraction of sp³-hybridized carbons (Fsp3) is 0.424. The minimum atomic E-state index is -4.89. The number of alkyl halides is 6. The molecule has 3 heterocycles. The third kappa shape index (κ3) is 6.77. The molecule has 0 aliphatic carbocycles. The van der Waals surface area contributed by atoms with Crippen molar-refractivity contribution in [2.24, 2.45) is 0 Å². The second-order valence-corrected chi connectivity index (χ2v) is 11.7. The van der Waals surface area contributed by atoms with Crippen molar-refractivity contribution < 1.29 is 49.4 Å². The van der Waals surface area contributed by atoms with Crippen LogP contribution < -0.4 is 4.74 Å². The summed E-state index contributed by atoms with van der Waals surface area (Å²) in [6.45, 7) is 1.62. The van der Waals surface area contributed by atoms with Crippen molar-refractivity contribution in [3.05, 3.63) is 94.8 Å². The zero-order chi connectivity index (χ0) is 34.1. The molecule has 0 radical (unpaired) electrons. The molecule has 3 atom stereocenters. The molecule has 1 unspecified atom stereocenters. The lowest BCUT2D eigenvalue weighted by molar-refractivity contribution is -0.158. The van der Waals surface area contributed by atoms with Crippen molar-refractivity contribution in [1.82, 2.24) is 14.8 Å². The minimum absolute atomic E-state index is 0.0320. The number of halogens is 8. The van der Waals surface area contributed by atoms with Crippen molar-refractivity contribution in [3.8, 4) is 5.75 Å². The number of carbonyl (C=O) groups excluding carboxylic acids is 2. The number of benzene rings is 2. The van der Waals surface area contributed by atoms with Gasteiger partial charge >= 0.3 is 12.4 Å². The van der Waals surface area contributed by atoms with Gasteiger partial charge in [-0.3, -0.25) is 14.6 Å². The minimum Gasteiger partial charge on any atom is -0.475 e.